The van der Waals surface area contributed by atoms with Crippen molar-refractivity contribution in [1.82, 2.24) is 39.5 Å². The molecule has 4 aromatic rings. The predicted molar refractivity (Wildman–Crippen MR) is 130 cm³/mol. The van der Waals surface area contributed by atoms with Crippen LogP contribution in [0.5, 0.6) is 0 Å². The zero-order valence-corrected chi connectivity index (χ0v) is 20.3. The highest BCUT2D eigenvalue weighted by atomic mass is 19.4. The molecule has 0 radical (unpaired) electrons. The molecule has 5 heterocycles. The smallest absolute Gasteiger partial charge is 0.392 e. The maximum atomic E-state index is 13.2. The van der Waals surface area contributed by atoms with Crippen molar-refractivity contribution >= 4 is 16.9 Å². The molecule has 1 saturated heterocycles. The fourth-order valence-corrected chi connectivity index (χ4v) is 5.22. The molecule has 4 aromatic heterocycles. The molecule has 38 heavy (non-hydrogen) atoms. The number of hydrogen-bond donors (Lipinski definition) is 2. The molecular weight excluding hydrogens is 501 g/mol. The van der Waals surface area contributed by atoms with Crippen LogP contribution >= 0.6 is 0 Å². The van der Waals surface area contributed by atoms with Crippen molar-refractivity contribution in [3.05, 3.63) is 60.1 Å². The Morgan fingerprint density at radius 1 is 1.11 bits per heavy atom. The average Bonchev–Trinajstić information content (AvgIpc) is 3.57. The number of carbonyl (C=O) groups is 1. The normalized spacial score (nSPS) is 20.6. The lowest BCUT2D eigenvalue weighted by Crippen LogP contribution is -2.55. The van der Waals surface area contributed by atoms with Gasteiger partial charge in [0, 0.05) is 55.6 Å². The molecule has 1 saturated carbocycles. The van der Waals surface area contributed by atoms with E-state index in [0.717, 1.165) is 41.2 Å². The molecule has 0 aromatic carbocycles. The topological polar surface area (TPSA) is 116 Å². The van der Waals surface area contributed by atoms with Gasteiger partial charge in [0.2, 0.25) is 0 Å². The van der Waals surface area contributed by atoms with E-state index in [0.29, 0.717) is 32.2 Å². The van der Waals surface area contributed by atoms with Gasteiger partial charge in [-0.25, -0.2) is 15.0 Å². The number of fused-ring (bicyclic) bond motifs is 1. The van der Waals surface area contributed by atoms with Crippen LogP contribution in [0.2, 0.25) is 0 Å². The number of piperazine rings is 1. The Morgan fingerprint density at radius 3 is 2.63 bits per heavy atom. The summed E-state index contributed by atoms with van der Waals surface area (Å²) in [4.78, 5) is 32.0. The highest BCUT2D eigenvalue weighted by molar-refractivity contribution is 5.92. The predicted octanol–water partition coefficient (Wildman–Crippen LogP) is 2.89. The first-order valence-corrected chi connectivity index (χ1v) is 12.3. The summed E-state index contributed by atoms with van der Waals surface area (Å²) >= 11 is 0. The van der Waals surface area contributed by atoms with Crippen LogP contribution in [0, 0.1) is 0 Å². The zero-order chi connectivity index (χ0) is 26.4. The first kappa shape index (κ1) is 24.5. The van der Waals surface area contributed by atoms with Gasteiger partial charge in [0.25, 0.3) is 5.91 Å². The quantitative estimate of drug-likeness (QED) is 0.411. The molecule has 2 fully saturated rings. The first-order valence-electron chi connectivity index (χ1n) is 12.3. The molecule has 6 rings (SSSR count). The molecule has 1 amide bonds. The summed E-state index contributed by atoms with van der Waals surface area (Å²) in [5, 5.41) is 14.8. The minimum absolute atomic E-state index is 0.00818. The van der Waals surface area contributed by atoms with Gasteiger partial charge in [0.15, 0.2) is 0 Å². The molecule has 0 spiro atoms. The van der Waals surface area contributed by atoms with Crippen LogP contribution in [0.15, 0.2) is 43.1 Å². The van der Waals surface area contributed by atoms with Gasteiger partial charge >= 0.3 is 6.18 Å². The lowest BCUT2D eigenvalue weighted by molar-refractivity contribution is -0.141. The van der Waals surface area contributed by atoms with E-state index in [4.69, 9.17) is 0 Å². The number of rotatable bonds is 5. The van der Waals surface area contributed by atoms with Gasteiger partial charge in [-0.1, -0.05) is 0 Å². The van der Waals surface area contributed by atoms with Gasteiger partial charge in [-0.15, -0.1) is 0 Å². The molecule has 0 unspecified atom stereocenters. The fraction of sp³-hybridized carbons (Fsp3) is 0.400. The van der Waals surface area contributed by atoms with Crippen LogP contribution in [0.3, 0.4) is 0 Å². The van der Waals surface area contributed by atoms with E-state index in [9.17, 15) is 23.1 Å². The lowest BCUT2D eigenvalue weighted by Gasteiger charge is -2.46. The Balaban J connectivity index is 1.05. The van der Waals surface area contributed by atoms with Gasteiger partial charge in [-0.2, -0.15) is 18.3 Å². The summed E-state index contributed by atoms with van der Waals surface area (Å²) in [6.45, 7) is 1.46. The molecule has 2 aliphatic rings. The van der Waals surface area contributed by atoms with Crippen LogP contribution in [0.1, 0.15) is 40.6 Å². The number of nitrogens with zero attached hydrogens (tertiary/aromatic N) is 7. The monoisotopic (exact) mass is 526 g/mol. The maximum Gasteiger partial charge on any atom is 0.433 e. The molecule has 10 nitrogen and oxygen atoms in total. The Hall–Kier alpha value is -3.84. The SMILES string of the molecule is O=C(c1cc(CO)cc(C(F)(F)F)n1)N1CCN(C2CC(n3cc(-c4ncnc5[nH]ccc45)cn3)C2)CC1. The lowest BCUT2D eigenvalue weighted by atomic mass is 9.85. The van der Waals surface area contributed by atoms with E-state index in [2.05, 4.69) is 29.9 Å². The number of aromatic nitrogens is 6. The number of nitrogens with one attached hydrogen (secondary N) is 1. The highest BCUT2D eigenvalue weighted by Crippen LogP contribution is 2.37. The molecule has 0 atom stereocenters. The van der Waals surface area contributed by atoms with E-state index >= 15 is 0 Å². The third-order valence-corrected chi connectivity index (χ3v) is 7.39. The zero-order valence-electron chi connectivity index (χ0n) is 20.3. The van der Waals surface area contributed by atoms with E-state index < -0.39 is 24.4 Å². The third-order valence-electron chi connectivity index (χ3n) is 7.39. The minimum Gasteiger partial charge on any atom is -0.392 e. The standard InChI is InChI=1S/C25H25F3N8O2/c26-25(27,28)21-8-15(13-37)7-20(33-21)24(38)35-5-3-34(4-6-35)17-9-18(10-17)36-12-16(11-32-36)22-19-1-2-29-23(19)31-14-30-22/h1-2,7-8,11-12,14,17-18,37H,3-6,9-10,13H2,(H,29,30,31). The second-order valence-corrected chi connectivity index (χ2v) is 9.68. The summed E-state index contributed by atoms with van der Waals surface area (Å²) in [6, 6.07) is 4.55. The molecular formula is C25H25F3N8O2. The maximum absolute atomic E-state index is 13.2. The number of alkyl halides is 3. The molecule has 0 bridgehead atoms. The van der Waals surface area contributed by atoms with Crippen molar-refractivity contribution in [2.45, 2.75) is 37.7 Å². The van der Waals surface area contributed by atoms with Crippen molar-refractivity contribution in [3.8, 4) is 11.3 Å². The molecule has 2 N–H and O–H groups in total. The molecule has 198 valence electrons. The third kappa shape index (κ3) is 4.52. The van der Waals surface area contributed by atoms with Gasteiger partial charge in [-0.05, 0) is 36.6 Å². The van der Waals surface area contributed by atoms with Gasteiger partial charge < -0.3 is 15.0 Å². The number of aliphatic hydroxyl groups is 1. The number of pyridine rings is 1. The summed E-state index contributed by atoms with van der Waals surface area (Å²) in [6.07, 6.45) is 4.34. The Kier molecular flexibility index (Phi) is 6.11. The number of aliphatic hydroxyl groups excluding tert-OH is 1. The second kappa shape index (κ2) is 9.48. The van der Waals surface area contributed by atoms with E-state index in [-0.39, 0.29) is 17.3 Å². The van der Waals surface area contributed by atoms with Crippen molar-refractivity contribution < 1.29 is 23.1 Å². The first-order chi connectivity index (χ1) is 18.3. The Morgan fingerprint density at radius 2 is 1.89 bits per heavy atom. The van der Waals surface area contributed by atoms with Crippen LogP contribution in [0.4, 0.5) is 13.2 Å². The van der Waals surface area contributed by atoms with Crippen molar-refractivity contribution in [2.24, 2.45) is 0 Å². The molecule has 1 aliphatic carbocycles. The highest BCUT2D eigenvalue weighted by Gasteiger charge is 2.38. The molecule has 13 heteroatoms. The number of aromatic amines is 1. The average molecular weight is 527 g/mol. The molecule has 1 aliphatic heterocycles. The Bertz CT molecular complexity index is 1470. The summed E-state index contributed by atoms with van der Waals surface area (Å²) < 4.78 is 41.5. The van der Waals surface area contributed by atoms with E-state index in [1.54, 1.807) is 0 Å². The Labute approximate surface area is 215 Å². The largest absolute Gasteiger partial charge is 0.433 e. The fourth-order valence-electron chi connectivity index (χ4n) is 5.22. The van der Waals surface area contributed by atoms with Crippen LogP contribution in [0.25, 0.3) is 22.3 Å². The number of amides is 1. The van der Waals surface area contributed by atoms with Crippen molar-refractivity contribution in [1.29, 1.82) is 0 Å². The summed E-state index contributed by atoms with van der Waals surface area (Å²) in [7, 11) is 0. The summed E-state index contributed by atoms with van der Waals surface area (Å²) in [5.41, 5.74) is 1.08. The summed E-state index contributed by atoms with van der Waals surface area (Å²) in [5.74, 6) is -0.553. The van der Waals surface area contributed by atoms with Crippen LogP contribution < -0.4 is 0 Å². The van der Waals surface area contributed by atoms with E-state index in [1.807, 2.05) is 29.3 Å². The van der Waals surface area contributed by atoms with Gasteiger partial charge in [0.05, 0.1) is 24.5 Å². The van der Waals surface area contributed by atoms with Crippen LogP contribution in [-0.2, 0) is 12.8 Å². The van der Waals surface area contributed by atoms with Crippen molar-refractivity contribution in [2.75, 3.05) is 26.2 Å². The van der Waals surface area contributed by atoms with Crippen molar-refractivity contribution in [3.63, 3.8) is 0 Å². The van der Waals surface area contributed by atoms with E-state index in [1.165, 1.54) is 17.3 Å². The number of carbonyl (C=O) groups excluding carboxylic acids is 1. The number of H-pyrrole nitrogens is 1. The van der Waals surface area contributed by atoms with Gasteiger partial charge in [-0.3, -0.25) is 14.4 Å². The number of halogens is 3. The van der Waals surface area contributed by atoms with Gasteiger partial charge in [0.1, 0.15) is 23.4 Å². The second-order valence-electron chi connectivity index (χ2n) is 9.68. The van der Waals surface area contributed by atoms with Crippen LogP contribution in [-0.4, -0.2) is 82.8 Å². The minimum atomic E-state index is -4.70. The number of hydrogen-bond acceptors (Lipinski definition) is 7.